The molecule has 1 amide bonds. The first-order valence-corrected chi connectivity index (χ1v) is 7.81. The van der Waals surface area contributed by atoms with Crippen molar-refractivity contribution in [3.63, 3.8) is 0 Å². The van der Waals surface area contributed by atoms with Gasteiger partial charge in [0.1, 0.15) is 0 Å². The van der Waals surface area contributed by atoms with Crippen molar-refractivity contribution in [3.8, 4) is 0 Å². The van der Waals surface area contributed by atoms with Crippen molar-refractivity contribution >= 4 is 5.91 Å². The molecule has 0 radical (unpaired) electrons. The van der Waals surface area contributed by atoms with E-state index in [9.17, 15) is 4.79 Å². The second-order valence-electron chi connectivity index (χ2n) is 6.59. The predicted molar refractivity (Wildman–Crippen MR) is 83.6 cm³/mol. The van der Waals surface area contributed by atoms with Gasteiger partial charge < -0.3 is 20.9 Å². The van der Waals surface area contributed by atoms with Gasteiger partial charge in [-0.15, -0.1) is 0 Å². The molecule has 20 heavy (non-hydrogen) atoms. The third kappa shape index (κ3) is 5.38. The minimum absolute atomic E-state index is 0.262. The van der Waals surface area contributed by atoms with Crippen LogP contribution in [0.25, 0.3) is 0 Å². The summed E-state index contributed by atoms with van der Waals surface area (Å²) in [6.45, 7) is 13.3. The Kier molecular flexibility index (Phi) is 6.92. The fourth-order valence-corrected chi connectivity index (χ4v) is 2.74. The van der Waals surface area contributed by atoms with Gasteiger partial charge in [0.25, 0.3) is 0 Å². The number of carbonyl (C=O) groups excluding carboxylic acids is 1. The molecule has 1 fully saturated rings. The molecule has 0 aliphatic carbocycles. The first-order chi connectivity index (χ1) is 9.37. The quantitative estimate of drug-likeness (QED) is 0.681. The number of nitrogens with one attached hydrogen (secondary N) is 1. The number of carbonyl (C=O) groups is 1. The van der Waals surface area contributed by atoms with Gasteiger partial charge >= 0.3 is 0 Å². The third-order valence-electron chi connectivity index (χ3n) is 4.33. The zero-order valence-electron chi connectivity index (χ0n) is 13.6. The highest BCUT2D eigenvalue weighted by Gasteiger charge is 2.28. The van der Waals surface area contributed by atoms with Crippen molar-refractivity contribution in [1.29, 1.82) is 0 Å². The molecule has 1 rings (SSSR count). The summed E-state index contributed by atoms with van der Waals surface area (Å²) in [5, 5.41) is 3.04. The second kappa shape index (κ2) is 7.96. The summed E-state index contributed by atoms with van der Waals surface area (Å²) < 4.78 is 0. The first kappa shape index (κ1) is 17.4. The highest BCUT2D eigenvalue weighted by Crippen LogP contribution is 2.13. The standard InChI is InChI=1S/C15H32N4O/c1-13(2)12-19-10-8-18(9-11-19)7-5-6-15(3,17-4)14(16)20/h13,17H,5-12H2,1-4H3,(H2,16,20). The molecule has 3 N–H and O–H groups in total. The molecule has 0 saturated carbocycles. The lowest BCUT2D eigenvalue weighted by Gasteiger charge is -2.36. The van der Waals surface area contributed by atoms with Crippen molar-refractivity contribution in [3.05, 3.63) is 0 Å². The van der Waals surface area contributed by atoms with Gasteiger partial charge in [-0.25, -0.2) is 0 Å². The SMILES string of the molecule is CNC(C)(CCCN1CCN(CC(C)C)CC1)C(N)=O. The normalized spacial score (nSPS) is 21.1. The Bertz CT molecular complexity index is 300. The molecule has 5 nitrogen and oxygen atoms in total. The molecule has 118 valence electrons. The molecule has 1 unspecified atom stereocenters. The van der Waals surface area contributed by atoms with E-state index in [1.807, 2.05) is 6.92 Å². The Labute approximate surface area is 123 Å². The lowest BCUT2D eigenvalue weighted by Crippen LogP contribution is -2.52. The topological polar surface area (TPSA) is 61.6 Å². The first-order valence-electron chi connectivity index (χ1n) is 7.81. The van der Waals surface area contributed by atoms with Gasteiger partial charge in [0.15, 0.2) is 0 Å². The summed E-state index contributed by atoms with van der Waals surface area (Å²) in [5.41, 5.74) is 4.87. The van der Waals surface area contributed by atoms with E-state index in [1.165, 1.54) is 6.54 Å². The van der Waals surface area contributed by atoms with E-state index < -0.39 is 5.54 Å². The summed E-state index contributed by atoms with van der Waals surface area (Å²) >= 11 is 0. The lowest BCUT2D eigenvalue weighted by atomic mass is 9.95. The number of likely N-dealkylation sites (N-methyl/N-ethyl adjacent to an activating group) is 1. The van der Waals surface area contributed by atoms with Crippen molar-refractivity contribution in [2.45, 2.75) is 39.2 Å². The van der Waals surface area contributed by atoms with Crippen LogP contribution in [0.5, 0.6) is 0 Å². The smallest absolute Gasteiger partial charge is 0.237 e. The minimum Gasteiger partial charge on any atom is -0.368 e. The number of nitrogens with two attached hydrogens (primary N) is 1. The molecular formula is C15H32N4O. The van der Waals surface area contributed by atoms with E-state index in [0.29, 0.717) is 0 Å². The van der Waals surface area contributed by atoms with E-state index in [-0.39, 0.29) is 5.91 Å². The largest absolute Gasteiger partial charge is 0.368 e. The van der Waals surface area contributed by atoms with Gasteiger partial charge in [-0.1, -0.05) is 13.8 Å². The highest BCUT2D eigenvalue weighted by molar-refractivity contribution is 5.84. The molecule has 0 spiro atoms. The molecule has 0 aromatic rings. The van der Waals surface area contributed by atoms with E-state index in [0.717, 1.165) is 51.5 Å². The third-order valence-corrected chi connectivity index (χ3v) is 4.33. The van der Waals surface area contributed by atoms with Crippen molar-refractivity contribution < 1.29 is 4.79 Å². The average molecular weight is 284 g/mol. The number of piperazine rings is 1. The summed E-state index contributed by atoms with van der Waals surface area (Å²) in [7, 11) is 1.80. The van der Waals surface area contributed by atoms with Crippen LogP contribution in [0.1, 0.15) is 33.6 Å². The summed E-state index contributed by atoms with van der Waals surface area (Å²) in [6.07, 6.45) is 1.80. The van der Waals surface area contributed by atoms with Crippen LogP contribution < -0.4 is 11.1 Å². The van der Waals surface area contributed by atoms with Crippen LogP contribution in [0.4, 0.5) is 0 Å². The molecule has 0 aromatic heterocycles. The maximum atomic E-state index is 11.4. The molecule has 1 heterocycles. The molecule has 1 atom stereocenters. The van der Waals surface area contributed by atoms with E-state index in [4.69, 9.17) is 5.73 Å². The lowest BCUT2D eigenvalue weighted by molar-refractivity contribution is -0.123. The second-order valence-corrected chi connectivity index (χ2v) is 6.59. The number of primary amides is 1. The van der Waals surface area contributed by atoms with Gasteiger partial charge in [-0.2, -0.15) is 0 Å². The summed E-state index contributed by atoms with van der Waals surface area (Å²) in [6, 6.07) is 0. The van der Waals surface area contributed by atoms with Crippen molar-refractivity contribution in [2.75, 3.05) is 46.3 Å². The van der Waals surface area contributed by atoms with Crippen LogP contribution in [0, 0.1) is 5.92 Å². The van der Waals surface area contributed by atoms with Crippen LogP contribution in [-0.4, -0.2) is 67.6 Å². The van der Waals surface area contributed by atoms with Crippen LogP contribution >= 0.6 is 0 Å². The summed E-state index contributed by atoms with van der Waals surface area (Å²) in [5.74, 6) is 0.482. The molecule has 1 aliphatic rings. The van der Waals surface area contributed by atoms with Gasteiger partial charge in [0.2, 0.25) is 5.91 Å². The zero-order chi connectivity index (χ0) is 15.2. The molecule has 0 bridgehead atoms. The molecule has 0 aromatic carbocycles. The van der Waals surface area contributed by atoms with Crippen molar-refractivity contribution in [2.24, 2.45) is 11.7 Å². The van der Waals surface area contributed by atoms with Gasteiger partial charge in [-0.05, 0) is 39.3 Å². The Morgan fingerprint density at radius 2 is 1.80 bits per heavy atom. The minimum atomic E-state index is -0.570. The number of hydrogen-bond donors (Lipinski definition) is 2. The average Bonchev–Trinajstić information content (AvgIpc) is 2.39. The fraction of sp³-hybridized carbons (Fsp3) is 0.933. The van der Waals surface area contributed by atoms with Crippen molar-refractivity contribution in [1.82, 2.24) is 15.1 Å². The molecular weight excluding hydrogens is 252 g/mol. The van der Waals surface area contributed by atoms with E-state index in [1.54, 1.807) is 7.05 Å². The monoisotopic (exact) mass is 284 g/mol. The summed E-state index contributed by atoms with van der Waals surface area (Å²) in [4.78, 5) is 16.5. The Morgan fingerprint density at radius 1 is 1.25 bits per heavy atom. The zero-order valence-corrected chi connectivity index (χ0v) is 13.6. The molecule has 5 heteroatoms. The maximum Gasteiger partial charge on any atom is 0.237 e. The highest BCUT2D eigenvalue weighted by atomic mass is 16.1. The number of rotatable bonds is 8. The van der Waals surface area contributed by atoms with Gasteiger partial charge in [0.05, 0.1) is 5.54 Å². The fourth-order valence-electron chi connectivity index (χ4n) is 2.74. The number of amides is 1. The van der Waals surface area contributed by atoms with Crippen LogP contribution in [0.3, 0.4) is 0 Å². The van der Waals surface area contributed by atoms with Gasteiger partial charge in [0, 0.05) is 32.7 Å². The van der Waals surface area contributed by atoms with Crippen LogP contribution in [0.15, 0.2) is 0 Å². The van der Waals surface area contributed by atoms with Gasteiger partial charge in [-0.3, -0.25) is 4.79 Å². The number of nitrogens with zero attached hydrogens (tertiary/aromatic N) is 2. The Balaban J connectivity index is 2.23. The van der Waals surface area contributed by atoms with E-state index >= 15 is 0 Å². The Hall–Kier alpha value is -0.650. The molecule has 1 aliphatic heterocycles. The van der Waals surface area contributed by atoms with Crippen LogP contribution in [-0.2, 0) is 4.79 Å². The molecule has 1 saturated heterocycles. The van der Waals surface area contributed by atoms with Crippen LogP contribution in [0.2, 0.25) is 0 Å². The number of hydrogen-bond acceptors (Lipinski definition) is 4. The maximum absolute atomic E-state index is 11.4. The Morgan fingerprint density at radius 3 is 2.25 bits per heavy atom. The van der Waals surface area contributed by atoms with E-state index in [2.05, 4.69) is 29.0 Å². The predicted octanol–water partition coefficient (Wildman–Crippen LogP) is 0.504.